The van der Waals surface area contributed by atoms with Crippen LogP contribution in [0.1, 0.15) is 11.1 Å². The maximum atomic E-state index is 5.58. The molecule has 0 atom stereocenters. The van der Waals surface area contributed by atoms with Gasteiger partial charge in [-0.1, -0.05) is 24.3 Å². The van der Waals surface area contributed by atoms with E-state index in [1.54, 1.807) is 7.11 Å². The zero-order valence-corrected chi connectivity index (χ0v) is 16.5. The van der Waals surface area contributed by atoms with E-state index >= 15 is 0 Å². The van der Waals surface area contributed by atoms with Crippen molar-refractivity contribution in [2.24, 2.45) is 7.05 Å². The van der Waals surface area contributed by atoms with Gasteiger partial charge < -0.3 is 9.30 Å². The zero-order valence-electron chi connectivity index (χ0n) is 15.6. The van der Waals surface area contributed by atoms with E-state index in [9.17, 15) is 0 Å². The Kier molecular flexibility index (Phi) is 5.54. The number of aromatic nitrogens is 3. The Balaban J connectivity index is 1.80. The van der Waals surface area contributed by atoms with Crippen LogP contribution < -0.4 is 4.74 Å². The summed E-state index contributed by atoms with van der Waals surface area (Å²) in [6, 6.07) is 16.3. The topological polar surface area (TPSA) is 35.2 Å². The molecule has 0 aliphatic carbocycles. The van der Waals surface area contributed by atoms with Gasteiger partial charge in [-0.25, -0.2) is 4.68 Å². The summed E-state index contributed by atoms with van der Waals surface area (Å²) in [4.78, 5) is 2.21. The van der Waals surface area contributed by atoms with Crippen molar-refractivity contribution < 1.29 is 4.74 Å². The lowest BCUT2D eigenvalue weighted by atomic mass is 10.1. The zero-order chi connectivity index (χ0) is 18.7. The maximum Gasteiger partial charge on any atom is 0.199 e. The molecule has 5 nitrogen and oxygen atoms in total. The van der Waals surface area contributed by atoms with Gasteiger partial charge >= 0.3 is 0 Å². The fraction of sp³-hybridized carbons (Fsp3) is 0.300. The summed E-state index contributed by atoms with van der Waals surface area (Å²) in [5.74, 6) is 1.68. The van der Waals surface area contributed by atoms with Crippen LogP contribution in [-0.4, -0.2) is 33.4 Å². The summed E-state index contributed by atoms with van der Waals surface area (Å²) in [7, 11) is 5.69. The first-order valence-corrected chi connectivity index (χ1v) is 8.91. The van der Waals surface area contributed by atoms with Crippen molar-refractivity contribution in [2.45, 2.75) is 20.1 Å². The summed E-state index contributed by atoms with van der Waals surface area (Å²) in [6.45, 7) is 3.62. The van der Waals surface area contributed by atoms with Gasteiger partial charge in [-0.3, -0.25) is 4.90 Å². The van der Waals surface area contributed by atoms with Crippen LogP contribution in [0.4, 0.5) is 0 Å². The Morgan fingerprint density at radius 1 is 1.12 bits per heavy atom. The van der Waals surface area contributed by atoms with Crippen LogP contribution in [0, 0.1) is 11.7 Å². The molecule has 0 unspecified atom stereocenters. The molecular weight excluding hydrogens is 344 g/mol. The molecule has 0 aliphatic rings. The number of rotatable bonds is 6. The molecule has 0 N–H and O–H groups in total. The van der Waals surface area contributed by atoms with Crippen molar-refractivity contribution in [3.63, 3.8) is 0 Å². The van der Waals surface area contributed by atoms with Gasteiger partial charge in [0.05, 0.1) is 13.8 Å². The summed E-state index contributed by atoms with van der Waals surface area (Å²) < 4.78 is 9.74. The molecule has 3 aromatic rings. The van der Waals surface area contributed by atoms with Crippen molar-refractivity contribution in [2.75, 3.05) is 14.2 Å². The number of nitrogens with zero attached hydrogens (tertiary/aromatic N) is 4. The summed E-state index contributed by atoms with van der Waals surface area (Å²) in [5, 5.41) is 4.73. The normalized spacial score (nSPS) is 11.1. The predicted octanol–water partition coefficient (Wildman–Crippen LogP) is 4.02. The summed E-state index contributed by atoms with van der Waals surface area (Å²) in [6.07, 6.45) is 0. The fourth-order valence-corrected chi connectivity index (χ4v) is 3.11. The first kappa shape index (κ1) is 18.4. The lowest BCUT2D eigenvalue weighted by Gasteiger charge is -2.17. The minimum absolute atomic E-state index is 0.636. The van der Waals surface area contributed by atoms with E-state index in [1.807, 2.05) is 40.6 Å². The molecule has 2 aromatic carbocycles. The van der Waals surface area contributed by atoms with Crippen LogP contribution in [0.15, 0.2) is 48.5 Å². The van der Waals surface area contributed by atoms with Crippen LogP contribution in [0.3, 0.4) is 0 Å². The third-order valence-electron chi connectivity index (χ3n) is 4.47. The average molecular weight is 369 g/mol. The first-order valence-electron chi connectivity index (χ1n) is 8.51. The fourth-order valence-electron chi connectivity index (χ4n) is 2.93. The van der Waals surface area contributed by atoms with Crippen LogP contribution in [0.2, 0.25) is 0 Å². The second-order valence-electron chi connectivity index (χ2n) is 6.48. The van der Waals surface area contributed by atoms with Crippen LogP contribution in [0.25, 0.3) is 11.4 Å². The Labute approximate surface area is 159 Å². The molecule has 6 heteroatoms. The largest absolute Gasteiger partial charge is 0.497 e. The van der Waals surface area contributed by atoms with Gasteiger partial charge in [0.2, 0.25) is 0 Å². The molecule has 0 saturated heterocycles. The molecule has 0 spiro atoms. The molecular formula is C20H24N4OS. The molecule has 0 saturated carbocycles. The standard InChI is InChI=1S/C20H24N4OS/c1-15-7-5-6-8-17(15)13-22(2)14-24-20(26)23(3)19(21-24)16-9-11-18(25-4)12-10-16/h5-12H,13-14H2,1-4H3. The highest BCUT2D eigenvalue weighted by Crippen LogP contribution is 2.21. The van der Waals surface area contributed by atoms with Gasteiger partial charge in [-0.15, -0.1) is 0 Å². The van der Waals surface area contributed by atoms with Crippen molar-refractivity contribution in [1.29, 1.82) is 0 Å². The van der Waals surface area contributed by atoms with Crippen molar-refractivity contribution in [3.8, 4) is 17.1 Å². The van der Waals surface area contributed by atoms with Crippen LogP contribution in [0.5, 0.6) is 5.75 Å². The molecule has 26 heavy (non-hydrogen) atoms. The van der Waals surface area contributed by atoms with Gasteiger partial charge in [0.15, 0.2) is 10.6 Å². The van der Waals surface area contributed by atoms with Crippen LogP contribution in [-0.2, 0) is 20.3 Å². The highest BCUT2D eigenvalue weighted by Gasteiger charge is 2.12. The molecule has 136 valence electrons. The second-order valence-corrected chi connectivity index (χ2v) is 6.84. The van der Waals surface area contributed by atoms with E-state index in [0.29, 0.717) is 11.4 Å². The Morgan fingerprint density at radius 2 is 1.81 bits per heavy atom. The van der Waals surface area contributed by atoms with E-state index in [-0.39, 0.29) is 0 Å². The van der Waals surface area contributed by atoms with Gasteiger partial charge in [0.25, 0.3) is 0 Å². The summed E-state index contributed by atoms with van der Waals surface area (Å²) in [5.41, 5.74) is 3.62. The SMILES string of the molecule is COc1ccc(-c2nn(CN(C)Cc3ccccc3C)c(=S)n2C)cc1. The molecule has 1 aromatic heterocycles. The van der Waals surface area contributed by atoms with Crippen molar-refractivity contribution >= 4 is 12.2 Å². The smallest absolute Gasteiger partial charge is 0.199 e. The van der Waals surface area contributed by atoms with Gasteiger partial charge in [-0.05, 0) is 61.6 Å². The average Bonchev–Trinajstić information content (AvgIpc) is 2.92. The highest BCUT2D eigenvalue weighted by molar-refractivity contribution is 7.71. The molecule has 0 bridgehead atoms. The molecule has 3 rings (SSSR count). The minimum atomic E-state index is 0.636. The number of hydrogen-bond donors (Lipinski definition) is 0. The molecule has 0 aliphatic heterocycles. The number of hydrogen-bond acceptors (Lipinski definition) is 4. The van der Waals surface area contributed by atoms with Crippen molar-refractivity contribution in [3.05, 3.63) is 64.4 Å². The second kappa shape index (κ2) is 7.85. The molecule has 0 radical (unpaired) electrons. The molecule has 0 fully saturated rings. The Morgan fingerprint density at radius 3 is 2.46 bits per heavy atom. The predicted molar refractivity (Wildman–Crippen MR) is 107 cm³/mol. The van der Waals surface area contributed by atoms with Gasteiger partial charge in [0.1, 0.15) is 5.75 Å². The molecule has 0 amide bonds. The van der Waals surface area contributed by atoms with E-state index in [0.717, 1.165) is 23.7 Å². The summed E-state index contributed by atoms with van der Waals surface area (Å²) >= 11 is 5.58. The van der Waals surface area contributed by atoms with Crippen molar-refractivity contribution in [1.82, 2.24) is 19.2 Å². The van der Waals surface area contributed by atoms with Gasteiger partial charge in [-0.2, -0.15) is 5.10 Å². The molecule has 1 heterocycles. The quantitative estimate of drug-likeness (QED) is 0.616. The number of aryl methyl sites for hydroxylation is 1. The Bertz CT molecular complexity index is 943. The van der Waals surface area contributed by atoms with E-state index in [1.165, 1.54) is 11.1 Å². The lowest BCUT2D eigenvalue weighted by Crippen LogP contribution is -2.23. The Hall–Kier alpha value is -2.44. The minimum Gasteiger partial charge on any atom is -0.497 e. The first-order chi connectivity index (χ1) is 12.5. The number of methoxy groups -OCH3 is 1. The van der Waals surface area contributed by atoms with E-state index in [4.69, 9.17) is 22.1 Å². The third kappa shape index (κ3) is 3.86. The van der Waals surface area contributed by atoms with E-state index in [2.05, 4.69) is 43.1 Å². The van der Waals surface area contributed by atoms with E-state index < -0.39 is 0 Å². The third-order valence-corrected chi connectivity index (χ3v) is 4.95. The highest BCUT2D eigenvalue weighted by atomic mass is 32.1. The monoisotopic (exact) mass is 368 g/mol. The lowest BCUT2D eigenvalue weighted by molar-refractivity contribution is 0.243. The number of benzene rings is 2. The van der Waals surface area contributed by atoms with Gasteiger partial charge in [0, 0.05) is 19.2 Å². The van der Waals surface area contributed by atoms with Crippen LogP contribution >= 0.6 is 12.2 Å². The maximum absolute atomic E-state index is 5.58. The number of ether oxygens (including phenoxy) is 1.